The first-order valence-corrected chi connectivity index (χ1v) is 4.96. The summed E-state index contributed by atoms with van der Waals surface area (Å²) < 4.78 is 4.56. The molecule has 6 nitrogen and oxygen atoms in total. The number of anilines is 1. The van der Waals surface area contributed by atoms with E-state index in [-0.39, 0.29) is 11.9 Å². The molecule has 1 heterocycles. The van der Waals surface area contributed by atoms with Crippen molar-refractivity contribution in [2.45, 2.75) is 19.9 Å². The molecule has 0 bridgehead atoms. The maximum atomic E-state index is 11.3. The summed E-state index contributed by atoms with van der Waals surface area (Å²) in [4.78, 5) is 19.3. The van der Waals surface area contributed by atoms with Crippen molar-refractivity contribution in [2.24, 2.45) is 5.73 Å². The van der Waals surface area contributed by atoms with E-state index in [9.17, 15) is 4.79 Å². The summed E-state index contributed by atoms with van der Waals surface area (Å²) in [7, 11) is 1.29. The van der Waals surface area contributed by atoms with Crippen LogP contribution in [-0.2, 0) is 4.74 Å². The van der Waals surface area contributed by atoms with E-state index < -0.39 is 5.97 Å². The first-order chi connectivity index (χ1) is 7.52. The van der Waals surface area contributed by atoms with Gasteiger partial charge >= 0.3 is 5.97 Å². The molecule has 0 amide bonds. The van der Waals surface area contributed by atoms with Gasteiger partial charge in [0, 0.05) is 24.3 Å². The van der Waals surface area contributed by atoms with Crippen molar-refractivity contribution in [3.05, 3.63) is 17.6 Å². The fraction of sp³-hybridized carbons (Fsp3) is 0.500. The minimum atomic E-state index is -0.549. The summed E-state index contributed by atoms with van der Waals surface area (Å²) in [6, 6.07) is 1.76. The van der Waals surface area contributed by atoms with E-state index in [4.69, 9.17) is 5.73 Å². The lowest BCUT2D eigenvalue weighted by atomic mass is 10.3. The number of hydrogen-bond donors (Lipinski definition) is 2. The third-order valence-electron chi connectivity index (χ3n) is 1.83. The molecule has 1 rings (SSSR count). The molecule has 16 heavy (non-hydrogen) atoms. The molecule has 0 aromatic carbocycles. The molecule has 6 heteroatoms. The van der Waals surface area contributed by atoms with Crippen molar-refractivity contribution < 1.29 is 9.53 Å². The first-order valence-electron chi connectivity index (χ1n) is 4.96. The number of hydrogen-bond acceptors (Lipinski definition) is 6. The molecule has 1 aromatic rings. The van der Waals surface area contributed by atoms with Gasteiger partial charge in [-0.15, -0.1) is 0 Å². The lowest BCUT2D eigenvalue weighted by molar-refractivity contribution is 0.0586. The van der Waals surface area contributed by atoms with Crippen molar-refractivity contribution in [1.82, 2.24) is 9.97 Å². The number of carbonyl (C=O) groups excluding carboxylic acids is 1. The average molecular weight is 224 g/mol. The van der Waals surface area contributed by atoms with Crippen LogP contribution in [-0.4, -0.2) is 35.6 Å². The van der Waals surface area contributed by atoms with Crippen LogP contribution in [0.4, 0.5) is 5.82 Å². The van der Waals surface area contributed by atoms with Crippen molar-refractivity contribution in [1.29, 1.82) is 0 Å². The zero-order chi connectivity index (χ0) is 12.1. The SMILES string of the molecule is COC(=O)c1nc(C)cc(NCC(C)N)n1. The van der Waals surface area contributed by atoms with Gasteiger partial charge in [0.1, 0.15) is 5.82 Å². The number of rotatable bonds is 4. The number of ether oxygens (including phenoxy) is 1. The Kier molecular flexibility index (Phi) is 4.19. The molecule has 88 valence electrons. The van der Waals surface area contributed by atoms with Crippen LogP contribution in [0.15, 0.2) is 6.07 Å². The number of methoxy groups -OCH3 is 1. The molecular weight excluding hydrogens is 208 g/mol. The predicted octanol–water partition coefficient (Wildman–Crippen LogP) is 0.331. The Morgan fingerprint density at radius 1 is 1.62 bits per heavy atom. The first kappa shape index (κ1) is 12.4. The molecule has 0 fully saturated rings. The smallest absolute Gasteiger partial charge is 0.376 e. The molecule has 1 unspecified atom stereocenters. The molecule has 3 N–H and O–H groups in total. The third kappa shape index (κ3) is 3.47. The number of nitrogens with one attached hydrogen (secondary N) is 1. The van der Waals surface area contributed by atoms with Crippen LogP contribution in [0.5, 0.6) is 0 Å². The number of aromatic nitrogens is 2. The molecule has 0 saturated carbocycles. The van der Waals surface area contributed by atoms with Gasteiger partial charge in [-0.1, -0.05) is 0 Å². The van der Waals surface area contributed by atoms with Crippen molar-refractivity contribution in [3.63, 3.8) is 0 Å². The lowest BCUT2D eigenvalue weighted by Gasteiger charge is -2.09. The molecule has 1 atom stereocenters. The van der Waals surface area contributed by atoms with Gasteiger partial charge in [0.25, 0.3) is 0 Å². The number of carbonyl (C=O) groups is 1. The zero-order valence-corrected chi connectivity index (χ0v) is 9.65. The Labute approximate surface area is 94.2 Å². The van der Waals surface area contributed by atoms with E-state index in [0.717, 1.165) is 0 Å². The topological polar surface area (TPSA) is 90.1 Å². The second-order valence-electron chi connectivity index (χ2n) is 3.57. The van der Waals surface area contributed by atoms with Crippen LogP contribution in [0.3, 0.4) is 0 Å². The number of esters is 1. The van der Waals surface area contributed by atoms with Crippen molar-refractivity contribution in [2.75, 3.05) is 19.0 Å². The quantitative estimate of drug-likeness (QED) is 0.716. The fourth-order valence-corrected chi connectivity index (χ4v) is 1.11. The molecule has 0 aliphatic carbocycles. The second kappa shape index (κ2) is 5.41. The molecule has 0 aliphatic heterocycles. The summed E-state index contributed by atoms with van der Waals surface area (Å²) >= 11 is 0. The fourth-order valence-electron chi connectivity index (χ4n) is 1.11. The van der Waals surface area contributed by atoms with Gasteiger partial charge < -0.3 is 15.8 Å². The maximum absolute atomic E-state index is 11.3. The highest BCUT2D eigenvalue weighted by Crippen LogP contribution is 2.06. The summed E-state index contributed by atoms with van der Waals surface area (Å²) in [6.45, 7) is 4.24. The summed E-state index contributed by atoms with van der Waals surface area (Å²) in [6.07, 6.45) is 0. The Hall–Kier alpha value is -1.69. The van der Waals surface area contributed by atoms with Crippen molar-refractivity contribution in [3.8, 4) is 0 Å². The van der Waals surface area contributed by atoms with Crippen molar-refractivity contribution >= 4 is 11.8 Å². The Balaban J connectivity index is 2.85. The molecule has 0 saturated heterocycles. The van der Waals surface area contributed by atoms with Gasteiger partial charge in [0.15, 0.2) is 0 Å². The molecule has 1 aromatic heterocycles. The highest BCUT2D eigenvalue weighted by atomic mass is 16.5. The van der Waals surface area contributed by atoms with Gasteiger partial charge in [0.05, 0.1) is 7.11 Å². The van der Waals surface area contributed by atoms with E-state index in [1.165, 1.54) is 7.11 Å². The largest absolute Gasteiger partial charge is 0.463 e. The summed E-state index contributed by atoms with van der Waals surface area (Å²) in [5.74, 6) is 0.0763. The molecule has 0 spiro atoms. The van der Waals surface area contributed by atoms with Gasteiger partial charge in [-0.3, -0.25) is 0 Å². The van der Waals surface area contributed by atoms with Crippen LogP contribution < -0.4 is 11.1 Å². The average Bonchev–Trinajstić information content (AvgIpc) is 2.24. The number of nitrogens with two attached hydrogens (primary N) is 1. The van der Waals surface area contributed by atoms with Crippen LogP contribution in [0.1, 0.15) is 23.2 Å². The lowest BCUT2D eigenvalue weighted by Crippen LogP contribution is -2.26. The second-order valence-corrected chi connectivity index (χ2v) is 3.57. The highest BCUT2D eigenvalue weighted by molar-refractivity contribution is 5.85. The zero-order valence-electron chi connectivity index (χ0n) is 9.65. The minimum absolute atomic E-state index is 0.0110. The van der Waals surface area contributed by atoms with E-state index in [1.807, 2.05) is 6.92 Å². The van der Waals surface area contributed by atoms with E-state index in [1.54, 1.807) is 13.0 Å². The Morgan fingerprint density at radius 3 is 2.88 bits per heavy atom. The highest BCUT2D eigenvalue weighted by Gasteiger charge is 2.11. The monoisotopic (exact) mass is 224 g/mol. The van der Waals surface area contributed by atoms with Gasteiger partial charge in [-0.2, -0.15) is 0 Å². The molecule has 0 radical (unpaired) electrons. The Morgan fingerprint density at radius 2 is 2.31 bits per heavy atom. The standard InChI is InChI=1S/C10H16N4O2/c1-6(11)5-12-8-4-7(2)13-9(14-8)10(15)16-3/h4,6H,5,11H2,1-3H3,(H,12,13,14). The van der Waals surface area contributed by atoms with Gasteiger partial charge in [-0.25, -0.2) is 14.8 Å². The normalized spacial score (nSPS) is 12.0. The third-order valence-corrected chi connectivity index (χ3v) is 1.83. The van der Waals surface area contributed by atoms with E-state index in [0.29, 0.717) is 18.1 Å². The van der Waals surface area contributed by atoms with Crippen LogP contribution in [0.25, 0.3) is 0 Å². The van der Waals surface area contributed by atoms with Crippen LogP contribution >= 0.6 is 0 Å². The van der Waals surface area contributed by atoms with E-state index >= 15 is 0 Å². The molecular formula is C10H16N4O2. The summed E-state index contributed by atoms with van der Waals surface area (Å²) in [5.41, 5.74) is 6.30. The van der Waals surface area contributed by atoms with E-state index in [2.05, 4.69) is 20.0 Å². The number of aryl methyl sites for hydroxylation is 1. The maximum Gasteiger partial charge on any atom is 0.376 e. The summed E-state index contributed by atoms with van der Waals surface area (Å²) in [5, 5.41) is 3.02. The molecule has 0 aliphatic rings. The van der Waals surface area contributed by atoms with Crippen LogP contribution in [0.2, 0.25) is 0 Å². The van der Waals surface area contributed by atoms with Gasteiger partial charge in [0.2, 0.25) is 5.82 Å². The minimum Gasteiger partial charge on any atom is -0.463 e. The van der Waals surface area contributed by atoms with Crippen LogP contribution in [0, 0.1) is 6.92 Å². The number of nitrogens with zero attached hydrogens (tertiary/aromatic N) is 2. The van der Waals surface area contributed by atoms with Gasteiger partial charge in [-0.05, 0) is 13.8 Å². The predicted molar refractivity (Wildman–Crippen MR) is 60.2 cm³/mol. The Bertz CT molecular complexity index is 379.